The first-order valence-electron chi connectivity index (χ1n) is 4.98. The molecule has 0 amide bonds. The van der Waals surface area contributed by atoms with Crippen molar-refractivity contribution in [2.75, 3.05) is 5.75 Å². The average Bonchev–Trinajstić information content (AvgIpc) is 2.13. The third-order valence-electron chi connectivity index (χ3n) is 2.31. The summed E-state index contributed by atoms with van der Waals surface area (Å²) in [6, 6.07) is 0. The highest BCUT2D eigenvalue weighted by molar-refractivity contribution is 7.90. The highest BCUT2D eigenvalue weighted by atomic mass is 32.2. The van der Waals surface area contributed by atoms with Crippen molar-refractivity contribution in [3.63, 3.8) is 0 Å². The molecule has 5 heteroatoms. The van der Waals surface area contributed by atoms with Gasteiger partial charge in [-0.05, 0) is 20.8 Å². The first-order valence-corrected chi connectivity index (χ1v) is 6.80. The van der Waals surface area contributed by atoms with E-state index in [2.05, 4.69) is 16.5 Å². The molecule has 4 nitrogen and oxygen atoms in total. The molecule has 0 N–H and O–H groups in total. The summed E-state index contributed by atoms with van der Waals surface area (Å²) in [5.74, 6) is -0.0972. The lowest BCUT2D eigenvalue weighted by Gasteiger charge is -2.07. The Balaban J connectivity index is 3.07. The third-order valence-corrected chi connectivity index (χ3v) is 3.76. The summed E-state index contributed by atoms with van der Waals surface area (Å²) in [6.07, 6.45) is 1.39. The molecule has 0 aliphatic rings. The van der Waals surface area contributed by atoms with Crippen molar-refractivity contribution in [1.82, 2.24) is 9.97 Å². The van der Waals surface area contributed by atoms with Crippen molar-refractivity contribution in [2.45, 2.75) is 26.5 Å². The summed E-state index contributed by atoms with van der Waals surface area (Å²) in [5, 5.41) is 0. The molecular formula is C11H16N2O2S. The molecule has 1 heterocycles. The predicted octanol–water partition coefficient (Wildman–Crippen LogP) is 1.50. The second kappa shape index (κ2) is 4.74. The van der Waals surface area contributed by atoms with Gasteiger partial charge in [0.2, 0.25) is 0 Å². The molecule has 16 heavy (non-hydrogen) atoms. The van der Waals surface area contributed by atoms with E-state index in [1.165, 1.54) is 6.08 Å². The minimum Gasteiger partial charge on any atom is -0.255 e. The zero-order valence-corrected chi connectivity index (χ0v) is 10.6. The Labute approximate surface area is 96.4 Å². The number of nitrogens with zero attached hydrogens (tertiary/aromatic N) is 2. The fourth-order valence-corrected chi connectivity index (χ4v) is 2.51. The van der Waals surface area contributed by atoms with Gasteiger partial charge >= 0.3 is 0 Å². The number of hydrogen-bond donors (Lipinski definition) is 0. The molecule has 0 unspecified atom stereocenters. The van der Waals surface area contributed by atoms with Gasteiger partial charge in [0, 0.05) is 0 Å². The van der Waals surface area contributed by atoms with Crippen molar-refractivity contribution in [1.29, 1.82) is 0 Å². The van der Waals surface area contributed by atoms with Crippen molar-refractivity contribution >= 4 is 9.84 Å². The SMILES string of the molecule is C=CCS(=O)(=O)Cc1nc(C)c(C)nc1C. The maximum atomic E-state index is 11.6. The van der Waals surface area contributed by atoms with E-state index in [1.54, 1.807) is 6.92 Å². The van der Waals surface area contributed by atoms with Gasteiger partial charge in [-0.2, -0.15) is 0 Å². The van der Waals surface area contributed by atoms with Crippen LogP contribution >= 0.6 is 0 Å². The first-order chi connectivity index (χ1) is 7.35. The molecule has 1 aromatic heterocycles. The molecule has 88 valence electrons. The predicted molar refractivity (Wildman–Crippen MR) is 63.9 cm³/mol. The summed E-state index contributed by atoms with van der Waals surface area (Å²) in [6.45, 7) is 8.89. The van der Waals surface area contributed by atoms with Crippen LogP contribution in [0.4, 0.5) is 0 Å². The van der Waals surface area contributed by atoms with Crippen molar-refractivity contribution < 1.29 is 8.42 Å². The van der Waals surface area contributed by atoms with Crippen LogP contribution in [0.15, 0.2) is 12.7 Å². The van der Waals surface area contributed by atoms with Gasteiger partial charge in [-0.15, -0.1) is 6.58 Å². The molecule has 1 rings (SSSR count). The van der Waals surface area contributed by atoms with Crippen LogP contribution in [0.2, 0.25) is 0 Å². The molecule has 0 atom stereocenters. The van der Waals surface area contributed by atoms with Gasteiger partial charge in [0.05, 0.1) is 34.3 Å². The van der Waals surface area contributed by atoms with E-state index >= 15 is 0 Å². The second-order valence-corrected chi connectivity index (χ2v) is 5.88. The van der Waals surface area contributed by atoms with Gasteiger partial charge in [-0.25, -0.2) is 8.42 Å². The van der Waals surface area contributed by atoms with Crippen molar-refractivity contribution in [3.05, 3.63) is 35.4 Å². The molecule has 1 aromatic rings. The number of aromatic nitrogens is 2. The smallest absolute Gasteiger partial charge is 0.159 e. The maximum absolute atomic E-state index is 11.6. The van der Waals surface area contributed by atoms with Crippen LogP contribution in [0.3, 0.4) is 0 Å². The fraction of sp³-hybridized carbons (Fsp3) is 0.455. The topological polar surface area (TPSA) is 59.9 Å². The minimum atomic E-state index is -3.16. The molecule has 0 fully saturated rings. The molecule has 0 spiro atoms. The van der Waals surface area contributed by atoms with Crippen LogP contribution < -0.4 is 0 Å². The lowest BCUT2D eigenvalue weighted by molar-refractivity contribution is 0.597. The number of sulfone groups is 1. The summed E-state index contributed by atoms with van der Waals surface area (Å²) < 4.78 is 23.2. The highest BCUT2D eigenvalue weighted by Gasteiger charge is 2.14. The van der Waals surface area contributed by atoms with E-state index in [9.17, 15) is 8.42 Å². The number of hydrogen-bond acceptors (Lipinski definition) is 4. The van der Waals surface area contributed by atoms with E-state index in [-0.39, 0.29) is 11.5 Å². The normalized spacial score (nSPS) is 11.4. The zero-order valence-electron chi connectivity index (χ0n) is 9.82. The van der Waals surface area contributed by atoms with Gasteiger partial charge in [0.25, 0.3) is 0 Å². The van der Waals surface area contributed by atoms with Crippen LogP contribution in [0, 0.1) is 20.8 Å². The van der Waals surface area contributed by atoms with Crippen LogP contribution in [-0.4, -0.2) is 24.1 Å². The average molecular weight is 240 g/mol. The zero-order chi connectivity index (χ0) is 12.3. The van der Waals surface area contributed by atoms with Crippen LogP contribution in [-0.2, 0) is 15.6 Å². The molecule has 0 aliphatic heterocycles. The lowest BCUT2D eigenvalue weighted by atomic mass is 10.3. The van der Waals surface area contributed by atoms with Gasteiger partial charge in [-0.1, -0.05) is 6.08 Å². The quantitative estimate of drug-likeness (QED) is 0.748. The molecule has 0 aliphatic carbocycles. The van der Waals surface area contributed by atoms with Gasteiger partial charge in [-0.3, -0.25) is 9.97 Å². The Kier molecular flexibility index (Phi) is 3.80. The molecule has 0 saturated carbocycles. The van der Waals surface area contributed by atoms with Crippen LogP contribution in [0.25, 0.3) is 0 Å². The van der Waals surface area contributed by atoms with E-state index < -0.39 is 9.84 Å². The van der Waals surface area contributed by atoms with E-state index in [0.717, 1.165) is 11.4 Å². The Morgan fingerprint density at radius 1 is 1.12 bits per heavy atom. The molecule has 0 aromatic carbocycles. The van der Waals surface area contributed by atoms with Gasteiger partial charge < -0.3 is 0 Å². The monoisotopic (exact) mass is 240 g/mol. The standard InChI is InChI=1S/C11H16N2O2S/c1-5-6-16(14,15)7-11-10(4)12-8(2)9(3)13-11/h5H,1,6-7H2,2-4H3. The molecule has 0 bridgehead atoms. The Morgan fingerprint density at radius 3 is 2.25 bits per heavy atom. The summed E-state index contributed by atoms with van der Waals surface area (Å²) in [7, 11) is -3.16. The number of rotatable bonds is 4. The minimum absolute atomic E-state index is 0.0267. The van der Waals surface area contributed by atoms with Gasteiger partial charge in [0.15, 0.2) is 9.84 Å². The summed E-state index contributed by atoms with van der Waals surface area (Å²) in [4.78, 5) is 8.53. The Morgan fingerprint density at radius 2 is 1.69 bits per heavy atom. The first kappa shape index (κ1) is 12.8. The van der Waals surface area contributed by atoms with Crippen LogP contribution in [0.1, 0.15) is 22.8 Å². The Hall–Kier alpha value is -1.23. The second-order valence-electron chi connectivity index (χ2n) is 3.77. The molecular weight excluding hydrogens is 224 g/mol. The molecule has 0 radical (unpaired) electrons. The van der Waals surface area contributed by atoms with E-state index in [0.29, 0.717) is 11.4 Å². The van der Waals surface area contributed by atoms with Gasteiger partial charge in [0.1, 0.15) is 0 Å². The molecule has 0 saturated heterocycles. The highest BCUT2D eigenvalue weighted by Crippen LogP contribution is 2.11. The van der Waals surface area contributed by atoms with E-state index in [1.807, 2.05) is 13.8 Å². The Bertz CT molecular complexity index is 507. The summed E-state index contributed by atoms with van der Waals surface area (Å²) in [5.41, 5.74) is 2.82. The van der Waals surface area contributed by atoms with Crippen molar-refractivity contribution in [3.8, 4) is 0 Å². The van der Waals surface area contributed by atoms with Crippen molar-refractivity contribution in [2.24, 2.45) is 0 Å². The third kappa shape index (κ3) is 3.13. The maximum Gasteiger partial charge on any atom is 0.159 e. The largest absolute Gasteiger partial charge is 0.255 e. The van der Waals surface area contributed by atoms with E-state index in [4.69, 9.17) is 0 Å². The fourth-order valence-electron chi connectivity index (χ4n) is 1.34. The number of aryl methyl sites for hydroxylation is 3. The van der Waals surface area contributed by atoms with Crippen LogP contribution in [0.5, 0.6) is 0 Å². The lowest BCUT2D eigenvalue weighted by Crippen LogP contribution is -2.12. The summed E-state index contributed by atoms with van der Waals surface area (Å²) >= 11 is 0.